The molecule has 2 rings (SSSR count). The maximum Gasteiger partial charge on any atom is 0.240 e. The van der Waals surface area contributed by atoms with E-state index in [1.165, 1.54) is 4.80 Å². The Morgan fingerprint density at radius 3 is 2.56 bits per heavy atom. The summed E-state index contributed by atoms with van der Waals surface area (Å²) >= 11 is 0. The highest BCUT2D eigenvalue weighted by Crippen LogP contribution is 2.06. The number of hydrogen-bond acceptors (Lipinski definition) is 5. The number of benzene rings is 1. The van der Waals surface area contributed by atoms with Crippen molar-refractivity contribution in [2.24, 2.45) is 0 Å². The Morgan fingerprint density at radius 1 is 1.25 bits per heavy atom. The minimum absolute atomic E-state index is 0.0684. The van der Waals surface area contributed by atoms with Gasteiger partial charge >= 0.3 is 0 Å². The molecule has 1 heterocycles. The van der Waals surface area contributed by atoms with Crippen LogP contribution in [-0.2, 0) is 14.8 Å². The maximum absolute atomic E-state index is 10.8. The third-order valence-electron chi connectivity index (χ3n) is 1.74. The van der Waals surface area contributed by atoms with Crippen LogP contribution in [0.2, 0.25) is 0 Å². The summed E-state index contributed by atoms with van der Waals surface area (Å²) in [6, 6.07) is 9.04. The summed E-state index contributed by atoms with van der Waals surface area (Å²) in [6.45, 7) is 0. The molecule has 6 nitrogen and oxygen atoms in total. The number of tetrazole rings is 1. The van der Waals surface area contributed by atoms with Crippen molar-refractivity contribution in [2.45, 2.75) is 5.75 Å². The number of aromatic nitrogens is 4. The van der Waals surface area contributed by atoms with E-state index in [0.717, 1.165) is 0 Å². The van der Waals surface area contributed by atoms with Gasteiger partial charge in [-0.2, -0.15) is 0 Å². The third kappa shape index (κ3) is 2.77. The van der Waals surface area contributed by atoms with Crippen molar-refractivity contribution in [2.75, 3.05) is 0 Å². The predicted molar refractivity (Wildman–Crippen MR) is 57.6 cm³/mol. The average molecular weight is 259 g/mol. The third-order valence-corrected chi connectivity index (χ3v) is 2.67. The van der Waals surface area contributed by atoms with Gasteiger partial charge in [-0.25, -0.2) is 8.42 Å². The highest BCUT2D eigenvalue weighted by Gasteiger charge is 2.12. The number of hydrogen-bond donors (Lipinski definition) is 0. The zero-order valence-corrected chi connectivity index (χ0v) is 9.56. The molecule has 1 aromatic carbocycles. The van der Waals surface area contributed by atoms with Gasteiger partial charge in [-0.15, -0.1) is 15.0 Å². The van der Waals surface area contributed by atoms with E-state index in [-0.39, 0.29) is 5.82 Å². The summed E-state index contributed by atoms with van der Waals surface area (Å²) in [5, 5.41) is 11.2. The topological polar surface area (TPSA) is 77.7 Å². The largest absolute Gasteiger partial charge is 0.240 e. The van der Waals surface area contributed by atoms with Gasteiger partial charge in [0.2, 0.25) is 9.05 Å². The van der Waals surface area contributed by atoms with Gasteiger partial charge in [-0.1, -0.05) is 18.2 Å². The van der Waals surface area contributed by atoms with Gasteiger partial charge in [0.25, 0.3) is 0 Å². The molecule has 2 aromatic rings. The quantitative estimate of drug-likeness (QED) is 0.759. The smallest absolute Gasteiger partial charge is 0.212 e. The van der Waals surface area contributed by atoms with E-state index < -0.39 is 14.8 Å². The molecule has 0 N–H and O–H groups in total. The van der Waals surface area contributed by atoms with E-state index in [4.69, 9.17) is 10.7 Å². The van der Waals surface area contributed by atoms with Gasteiger partial charge in [0.05, 0.1) is 5.69 Å². The van der Waals surface area contributed by atoms with E-state index in [0.29, 0.717) is 5.69 Å². The number of rotatable bonds is 3. The first-order chi connectivity index (χ1) is 7.54. The molecule has 0 saturated heterocycles. The molecular formula is C8H7ClN4O2S. The molecule has 8 heteroatoms. The van der Waals surface area contributed by atoms with E-state index in [2.05, 4.69) is 15.4 Å². The van der Waals surface area contributed by atoms with Crippen LogP contribution in [0.15, 0.2) is 30.3 Å². The fraction of sp³-hybridized carbons (Fsp3) is 0.125. The Hall–Kier alpha value is -1.47. The number of para-hydroxylation sites is 1. The van der Waals surface area contributed by atoms with Crippen LogP contribution in [0.25, 0.3) is 5.69 Å². The second kappa shape index (κ2) is 4.18. The molecule has 0 radical (unpaired) electrons. The molecule has 0 spiro atoms. The van der Waals surface area contributed by atoms with E-state index >= 15 is 0 Å². The summed E-state index contributed by atoms with van der Waals surface area (Å²) in [5.41, 5.74) is 0.702. The lowest BCUT2D eigenvalue weighted by Crippen LogP contribution is -2.00. The lowest BCUT2D eigenvalue weighted by molar-refractivity contribution is 0.607. The highest BCUT2D eigenvalue weighted by atomic mass is 35.7. The van der Waals surface area contributed by atoms with Crippen LogP contribution in [0.1, 0.15) is 5.82 Å². The zero-order chi connectivity index (χ0) is 11.6. The Labute approximate surface area is 96.3 Å². The van der Waals surface area contributed by atoms with Crippen LogP contribution >= 0.6 is 10.7 Å². The maximum atomic E-state index is 10.8. The van der Waals surface area contributed by atoms with Crippen LogP contribution < -0.4 is 0 Å². The van der Waals surface area contributed by atoms with Crippen molar-refractivity contribution in [1.82, 2.24) is 20.2 Å². The molecule has 0 aliphatic heterocycles. The van der Waals surface area contributed by atoms with E-state index in [1.807, 2.05) is 18.2 Å². The molecule has 0 atom stereocenters. The summed E-state index contributed by atoms with van der Waals surface area (Å²) in [4.78, 5) is 1.25. The zero-order valence-electron chi connectivity index (χ0n) is 7.99. The fourth-order valence-corrected chi connectivity index (χ4v) is 1.84. The Bertz CT molecular complexity index is 581. The minimum Gasteiger partial charge on any atom is -0.212 e. The van der Waals surface area contributed by atoms with Gasteiger partial charge in [-0.3, -0.25) is 0 Å². The van der Waals surface area contributed by atoms with Gasteiger partial charge in [0.15, 0.2) is 5.82 Å². The van der Waals surface area contributed by atoms with Crippen LogP contribution in [0, 0.1) is 0 Å². The highest BCUT2D eigenvalue weighted by molar-refractivity contribution is 8.13. The molecule has 1 aromatic heterocycles. The first-order valence-electron chi connectivity index (χ1n) is 4.31. The molecule has 84 valence electrons. The lowest BCUT2D eigenvalue weighted by atomic mass is 10.3. The standard InChI is InChI=1S/C8H7ClN4O2S/c9-16(14,15)6-8-10-12-13(11-8)7-4-2-1-3-5-7/h1-5H,6H2. The van der Waals surface area contributed by atoms with Crippen molar-refractivity contribution >= 4 is 19.7 Å². The van der Waals surface area contributed by atoms with Crippen molar-refractivity contribution in [1.29, 1.82) is 0 Å². The van der Waals surface area contributed by atoms with Gasteiger partial charge in [-0.05, 0) is 17.3 Å². The molecule has 16 heavy (non-hydrogen) atoms. The fourth-order valence-electron chi connectivity index (χ4n) is 1.13. The Balaban J connectivity index is 2.27. The van der Waals surface area contributed by atoms with Crippen LogP contribution in [0.3, 0.4) is 0 Å². The summed E-state index contributed by atoms with van der Waals surface area (Å²) in [7, 11) is 1.43. The molecule has 0 aliphatic rings. The SMILES string of the molecule is O=S(=O)(Cl)Cc1nnn(-c2ccccc2)n1. The second-order valence-electron chi connectivity index (χ2n) is 3.01. The second-order valence-corrected chi connectivity index (χ2v) is 5.79. The summed E-state index contributed by atoms with van der Waals surface area (Å²) < 4.78 is 21.6. The van der Waals surface area contributed by atoms with Gasteiger partial charge in [0, 0.05) is 10.7 Å². The Morgan fingerprint density at radius 2 is 1.94 bits per heavy atom. The summed E-state index contributed by atoms with van der Waals surface area (Å²) in [6.07, 6.45) is 0. The lowest BCUT2D eigenvalue weighted by Gasteiger charge is -1.95. The number of nitrogens with zero attached hydrogens (tertiary/aromatic N) is 4. The molecule has 0 unspecified atom stereocenters. The predicted octanol–water partition coefficient (Wildman–Crippen LogP) is 0.731. The molecule has 0 bridgehead atoms. The molecule has 0 fully saturated rings. The van der Waals surface area contributed by atoms with Crippen LogP contribution in [0.5, 0.6) is 0 Å². The monoisotopic (exact) mass is 258 g/mol. The first-order valence-corrected chi connectivity index (χ1v) is 6.79. The summed E-state index contributed by atoms with van der Waals surface area (Å²) in [5.74, 6) is -0.361. The molecule has 0 amide bonds. The first kappa shape index (κ1) is 11.0. The van der Waals surface area contributed by atoms with Crippen LogP contribution in [-0.4, -0.2) is 28.6 Å². The van der Waals surface area contributed by atoms with Gasteiger partial charge < -0.3 is 0 Å². The van der Waals surface area contributed by atoms with Crippen LogP contribution in [0.4, 0.5) is 0 Å². The van der Waals surface area contributed by atoms with Gasteiger partial charge in [0.1, 0.15) is 5.75 Å². The van der Waals surface area contributed by atoms with E-state index in [1.54, 1.807) is 12.1 Å². The molecule has 0 saturated carbocycles. The Kier molecular flexibility index (Phi) is 2.88. The van der Waals surface area contributed by atoms with Crippen molar-refractivity contribution in [3.8, 4) is 5.69 Å². The van der Waals surface area contributed by atoms with Crippen molar-refractivity contribution in [3.63, 3.8) is 0 Å². The van der Waals surface area contributed by atoms with E-state index in [9.17, 15) is 8.42 Å². The molecule has 0 aliphatic carbocycles. The van der Waals surface area contributed by atoms with Crippen molar-refractivity contribution in [3.05, 3.63) is 36.2 Å². The normalized spacial score (nSPS) is 11.6. The average Bonchev–Trinajstić information content (AvgIpc) is 2.65. The molecular weight excluding hydrogens is 252 g/mol. The minimum atomic E-state index is -3.65. The number of halogens is 1. The van der Waals surface area contributed by atoms with Crippen molar-refractivity contribution < 1.29 is 8.42 Å².